The molecule has 0 unspecified atom stereocenters. The van der Waals surface area contributed by atoms with Crippen LogP contribution in [0.3, 0.4) is 0 Å². The Balaban J connectivity index is 1.38. The Morgan fingerprint density at radius 1 is 1.00 bits per heavy atom. The maximum absolute atomic E-state index is 12.7. The number of anilines is 3. The lowest BCUT2D eigenvalue weighted by atomic mass is 10.1. The summed E-state index contributed by atoms with van der Waals surface area (Å²) >= 11 is 1.38. The molecule has 1 N–H and O–H groups in total. The summed E-state index contributed by atoms with van der Waals surface area (Å²) in [4.78, 5) is 26.5. The molecule has 9 heteroatoms. The molecule has 0 saturated carbocycles. The quantitative estimate of drug-likeness (QED) is 0.469. The van der Waals surface area contributed by atoms with Crippen LogP contribution >= 0.6 is 11.8 Å². The van der Waals surface area contributed by atoms with Crippen molar-refractivity contribution in [2.24, 2.45) is 0 Å². The average molecular weight is 494 g/mol. The predicted octanol–water partition coefficient (Wildman–Crippen LogP) is 4.17. The number of hydrogen-bond donors (Lipinski definition) is 1. The van der Waals surface area contributed by atoms with E-state index in [1.807, 2.05) is 0 Å². The van der Waals surface area contributed by atoms with Crippen LogP contribution in [0.5, 0.6) is 11.5 Å². The average Bonchev–Trinajstić information content (AvgIpc) is 2.89. The van der Waals surface area contributed by atoms with E-state index in [9.17, 15) is 4.79 Å². The Kier molecular flexibility index (Phi) is 7.97. The van der Waals surface area contributed by atoms with Crippen LogP contribution in [-0.4, -0.2) is 62.0 Å². The number of rotatable bonds is 8. The van der Waals surface area contributed by atoms with Crippen molar-refractivity contribution in [3.8, 4) is 11.5 Å². The number of hydrogen-bond acceptors (Lipinski definition) is 8. The molecule has 184 valence electrons. The van der Waals surface area contributed by atoms with E-state index in [-0.39, 0.29) is 11.7 Å². The van der Waals surface area contributed by atoms with Gasteiger partial charge in [0.2, 0.25) is 5.91 Å². The summed E-state index contributed by atoms with van der Waals surface area (Å²) in [7, 11) is 3.15. The van der Waals surface area contributed by atoms with E-state index < -0.39 is 0 Å². The van der Waals surface area contributed by atoms with E-state index in [0.717, 1.165) is 37.0 Å². The molecule has 1 aromatic heterocycles. The van der Waals surface area contributed by atoms with Gasteiger partial charge in [-0.2, -0.15) is 0 Å². The third kappa shape index (κ3) is 5.79. The van der Waals surface area contributed by atoms with E-state index in [2.05, 4.69) is 57.1 Å². The van der Waals surface area contributed by atoms with Gasteiger partial charge in [0.1, 0.15) is 16.5 Å². The van der Waals surface area contributed by atoms with Crippen molar-refractivity contribution in [2.45, 2.75) is 18.9 Å². The standard InChI is InChI=1S/C26H31N5O3S/c1-18-6-5-7-22(19(18)2)30-12-14-31(15-13-30)25-26(28-11-10-27-25)35-17-24(32)29-21-9-8-20(33-3)16-23(21)34-4/h5-11,16H,12-15,17H2,1-4H3,(H,29,32). The second-order valence-electron chi connectivity index (χ2n) is 8.28. The minimum atomic E-state index is -0.144. The summed E-state index contributed by atoms with van der Waals surface area (Å²) in [6.45, 7) is 7.83. The summed E-state index contributed by atoms with van der Waals surface area (Å²) < 4.78 is 10.6. The summed E-state index contributed by atoms with van der Waals surface area (Å²) in [5.41, 5.74) is 4.53. The zero-order chi connectivity index (χ0) is 24.8. The monoisotopic (exact) mass is 493 g/mol. The molecule has 1 fully saturated rings. The normalized spacial score (nSPS) is 13.5. The zero-order valence-electron chi connectivity index (χ0n) is 20.6. The van der Waals surface area contributed by atoms with Crippen LogP contribution in [0.25, 0.3) is 0 Å². The maximum Gasteiger partial charge on any atom is 0.234 e. The largest absolute Gasteiger partial charge is 0.497 e. The van der Waals surface area contributed by atoms with Gasteiger partial charge in [0.05, 0.1) is 25.7 Å². The SMILES string of the molecule is COc1ccc(NC(=O)CSc2nccnc2N2CCN(c3cccc(C)c3C)CC2)c(OC)c1. The van der Waals surface area contributed by atoms with Gasteiger partial charge in [0.15, 0.2) is 5.82 Å². The van der Waals surface area contributed by atoms with Gasteiger partial charge in [0, 0.05) is 50.3 Å². The number of nitrogens with zero attached hydrogens (tertiary/aromatic N) is 4. The number of ether oxygens (including phenoxy) is 2. The van der Waals surface area contributed by atoms with Gasteiger partial charge in [0.25, 0.3) is 0 Å². The summed E-state index contributed by atoms with van der Waals surface area (Å²) in [5.74, 6) is 2.10. The highest BCUT2D eigenvalue weighted by molar-refractivity contribution is 8.00. The number of methoxy groups -OCH3 is 2. The molecule has 1 aliphatic heterocycles. The molecule has 1 aliphatic rings. The van der Waals surface area contributed by atoms with Crippen molar-refractivity contribution < 1.29 is 14.3 Å². The second-order valence-corrected chi connectivity index (χ2v) is 9.25. The minimum Gasteiger partial charge on any atom is -0.497 e. The van der Waals surface area contributed by atoms with E-state index in [4.69, 9.17) is 9.47 Å². The summed E-state index contributed by atoms with van der Waals surface area (Å²) in [6.07, 6.45) is 3.38. The van der Waals surface area contributed by atoms with Gasteiger partial charge >= 0.3 is 0 Å². The first-order valence-electron chi connectivity index (χ1n) is 11.5. The molecule has 8 nitrogen and oxygen atoms in total. The van der Waals surface area contributed by atoms with Crippen molar-refractivity contribution in [1.82, 2.24) is 9.97 Å². The summed E-state index contributed by atoms with van der Waals surface area (Å²) in [5, 5.41) is 3.66. The molecule has 35 heavy (non-hydrogen) atoms. The van der Waals surface area contributed by atoms with Crippen molar-refractivity contribution in [2.75, 3.05) is 61.3 Å². The number of aromatic nitrogens is 2. The number of piperazine rings is 1. The highest BCUT2D eigenvalue weighted by Gasteiger charge is 2.23. The Hall–Kier alpha value is -3.46. The number of amides is 1. The number of aryl methyl sites for hydroxylation is 1. The third-order valence-electron chi connectivity index (χ3n) is 6.17. The van der Waals surface area contributed by atoms with Gasteiger partial charge in [-0.15, -0.1) is 0 Å². The predicted molar refractivity (Wildman–Crippen MR) is 141 cm³/mol. The van der Waals surface area contributed by atoms with Crippen molar-refractivity contribution in [1.29, 1.82) is 0 Å². The third-order valence-corrected chi connectivity index (χ3v) is 7.13. The van der Waals surface area contributed by atoms with E-state index >= 15 is 0 Å². The van der Waals surface area contributed by atoms with Crippen molar-refractivity contribution in [3.05, 3.63) is 59.9 Å². The highest BCUT2D eigenvalue weighted by Crippen LogP contribution is 2.31. The van der Waals surface area contributed by atoms with E-state index in [0.29, 0.717) is 17.2 Å². The molecule has 2 heterocycles. The zero-order valence-corrected chi connectivity index (χ0v) is 21.4. The number of carbonyl (C=O) groups is 1. The highest BCUT2D eigenvalue weighted by atomic mass is 32.2. The van der Waals surface area contributed by atoms with E-state index in [1.165, 1.54) is 28.6 Å². The molecule has 0 radical (unpaired) electrons. The smallest absolute Gasteiger partial charge is 0.234 e. The number of nitrogens with one attached hydrogen (secondary N) is 1. The van der Waals surface area contributed by atoms with Crippen LogP contribution in [-0.2, 0) is 4.79 Å². The van der Waals surface area contributed by atoms with Gasteiger partial charge in [-0.25, -0.2) is 9.97 Å². The van der Waals surface area contributed by atoms with Crippen molar-refractivity contribution in [3.63, 3.8) is 0 Å². The fraction of sp³-hybridized carbons (Fsp3) is 0.346. The molecule has 0 spiro atoms. The lowest BCUT2D eigenvalue weighted by Crippen LogP contribution is -2.47. The van der Waals surface area contributed by atoms with E-state index in [1.54, 1.807) is 44.8 Å². The number of thioether (sulfide) groups is 1. The van der Waals surface area contributed by atoms with Gasteiger partial charge in [-0.05, 0) is 43.2 Å². The van der Waals surface area contributed by atoms with Crippen LogP contribution in [0.2, 0.25) is 0 Å². The molecule has 0 bridgehead atoms. The van der Waals surface area contributed by atoms with Gasteiger partial charge < -0.3 is 24.6 Å². The number of carbonyl (C=O) groups excluding carboxylic acids is 1. The molecule has 0 atom stereocenters. The molecule has 2 aromatic carbocycles. The molecule has 4 rings (SSSR count). The molecule has 1 saturated heterocycles. The Morgan fingerprint density at radius 2 is 1.74 bits per heavy atom. The molecule has 0 aliphatic carbocycles. The topological polar surface area (TPSA) is 79.8 Å². The Morgan fingerprint density at radius 3 is 2.49 bits per heavy atom. The first-order chi connectivity index (χ1) is 17.0. The second kappa shape index (κ2) is 11.3. The molecule has 1 amide bonds. The van der Waals surface area contributed by atoms with Crippen molar-refractivity contribution >= 4 is 34.9 Å². The van der Waals surface area contributed by atoms with Crippen LogP contribution in [0, 0.1) is 13.8 Å². The Labute approximate surface area is 210 Å². The minimum absolute atomic E-state index is 0.144. The Bertz CT molecular complexity index is 1180. The molecular formula is C26H31N5O3S. The van der Waals surface area contributed by atoms with Crippen LogP contribution in [0.1, 0.15) is 11.1 Å². The first kappa shape index (κ1) is 24.7. The molecular weight excluding hydrogens is 462 g/mol. The summed E-state index contributed by atoms with van der Waals surface area (Å²) in [6, 6.07) is 11.7. The maximum atomic E-state index is 12.7. The fourth-order valence-electron chi connectivity index (χ4n) is 4.10. The molecule has 3 aromatic rings. The van der Waals surface area contributed by atoms with Crippen LogP contribution in [0.4, 0.5) is 17.2 Å². The first-order valence-corrected chi connectivity index (χ1v) is 12.5. The lowest BCUT2D eigenvalue weighted by molar-refractivity contribution is -0.113. The van der Waals surface area contributed by atoms with Crippen LogP contribution in [0.15, 0.2) is 53.8 Å². The van der Waals surface area contributed by atoms with Gasteiger partial charge in [-0.1, -0.05) is 23.9 Å². The number of benzene rings is 2. The van der Waals surface area contributed by atoms with Crippen LogP contribution < -0.4 is 24.6 Å². The fourth-order valence-corrected chi connectivity index (χ4v) is 4.88. The lowest BCUT2D eigenvalue weighted by Gasteiger charge is -2.37. The van der Waals surface area contributed by atoms with Gasteiger partial charge in [-0.3, -0.25) is 4.79 Å².